The number of carbonyl (C=O) groups is 2. The zero-order valence-electron chi connectivity index (χ0n) is 8.82. The molecular formula is C11H17NO3. The van der Waals surface area contributed by atoms with E-state index in [2.05, 4.69) is 6.58 Å². The number of allylic oxidation sites excluding steroid dienone is 1. The van der Waals surface area contributed by atoms with Crippen molar-refractivity contribution in [2.24, 2.45) is 0 Å². The molecule has 4 heteroatoms. The van der Waals surface area contributed by atoms with E-state index in [-0.39, 0.29) is 5.91 Å². The summed E-state index contributed by atoms with van der Waals surface area (Å²) in [5, 5.41) is 8.97. The van der Waals surface area contributed by atoms with Crippen LogP contribution in [0.1, 0.15) is 32.1 Å². The summed E-state index contributed by atoms with van der Waals surface area (Å²) in [6, 6.07) is -0.615. The van der Waals surface area contributed by atoms with Gasteiger partial charge in [0.1, 0.15) is 6.04 Å². The molecule has 1 aliphatic heterocycles. The number of nitrogens with zero attached hydrogens (tertiary/aromatic N) is 1. The first-order chi connectivity index (χ1) is 7.16. The molecule has 15 heavy (non-hydrogen) atoms. The maximum absolute atomic E-state index is 11.7. The predicted octanol–water partition coefficient (Wildman–Crippen LogP) is 1.42. The third kappa shape index (κ3) is 3.08. The molecule has 4 nitrogen and oxygen atoms in total. The first-order valence-electron chi connectivity index (χ1n) is 5.30. The topological polar surface area (TPSA) is 57.6 Å². The Morgan fingerprint density at radius 3 is 2.80 bits per heavy atom. The summed E-state index contributed by atoms with van der Waals surface area (Å²) in [6.45, 7) is 4.12. The van der Waals surface area contributed by atoms with Gasteiger partial charge in [0.15, 0.2) is 0 Å². The van der Waals surface area contributed by atoms with E-state index in [4.69, 9.17) is 5.11 Å². The van der Waals surface area contributed by atoms with Gasteiger partial charge in [-0.15, -0.1) is 6.58 Å². The number of hydrogen-bond donors (Lipinski definition) is 1. The number of hydrogen-bond acceptors (Lipinski definition) is 2. The van der Waals surface area contributed by atoms with Gasteiger partial charge in [0.25, 0.3) is 0 Å². The second kappa shape index (κ2) is 5.53. The van der Waals surface area contributed by atoms with E-state index < -0.39 is 12.0 Å². The zero-order valence-corrected chi connectivity index (χ0v) is 8.82. The molecule has 1 aliphatic rings. The van der Waals surface area contributed by atoms with E-state index >= 15 is 0 Å². The minimum Gasteiger partial charge on any atom is -0.480 e. The highest BCUT2D eigenvalue weighted by Gasteiger charge is 2.31. The summed E-state index contributed by atoms with van der Waals surface area (Å²) >= 11 is 0. The third-order valence-electron chi connectivity index (χ3n) is 2.67. The predicted molar refractivity (Wildman–Crippen MR) is 56.4 cm³/mol. The Hall–Kier alpha value is -1.32. The van der Waals surface area contributed by atoms with Crippen molar-refractivity contribution in [2.75, 3.05) is 6.54 Å². The fourth-order valence-electron chi connectivity index (χ4n) is 1.86. The molecule has 0 aromatic heterocycles. The lowest BCUT2D eigenvalue weighted by atomic mass is 10.0. The van der Waals surface area contributed by atoms with Crippen molar-refractivity contribution >= 4 is 11.9 Å². The van der Waals surface area contributed by atoms with Crippen LogP contribution in [0.15, 0.2) is 12.7 Å². The van der Waals surface area contributed by atoms with Gasteiger partial charge < -0.3 is 10.0 Å². The fraction of sp³-hybridized carbons (Fsp3) is 0.636. The standard InChI is InChI=1S/C11H17NO3/c1-2-3-7-10(13)12-8-5-4-6-9(12)11(14)15/h2,9H,1,3-8H2,(H,14,15)/t9-/m0/s1. The highest BCUT2D eigenvalue weighted by atomic mass is 16.4. The molecule has 1 heterocycles. The van der Waals surface area contributed by atoms with Crippen LogP contribution in [0.25, 0.3) is 0 Å². The minimum absolute atomic E-state index is 0.0676. The smallest absolute Gasteiger partial charge is 0.326 e. The van der Waals surface area contributed by atoms with Gasteiger partial charge in [-0.1, -0.05) is 6.08 Å². The lowest BCUT2D eigenvalue weighted by Crippen LogP contribution is -2.47. The van der Waals surface area contributed by atoms with Crippen molar-refractivity contribution in [1.82, 2.24) is 4.90 Å². The SMILES string of the molecule is C=CCCC(=O)N1CCCC[C@H]1C(=O)O. The maximum atomic E-state index is 11.7. The number of likely N-dealkylation sites (tertiary alicyclic amines) is 1. The third-order valence-corrected chi connectivity index (χ3v) is 2.67. The molecule has 0 saturated carbocycles. The molecular weight excluding hydrogens is 194 g/mol. The van der Waals surface area contributed by atoms with E-state index in [1.165, 1.54) is 4.90 Å². The number of carboxylic acid groups (broad SMARTS) is 1. The Labute approximate surface area is 89.6 Å². The van der Waals surface area contributed by atoms with Gasteiger partial charge in [0.2, 0.25) is 5.91 Å². The number of amides is 1. The van der Waals surface area contributed by atoms with Gasteiger partial charge in [0.05, 0.1) is 0 Å². The Balaban J connectivity index is 2.58. The molecule has 0 aromatic rings. The van der Waals surface area contributed by atoms with Crippen LogP contribution >= 0.6 is 0 Å². The highest BCUT2D eigenvalue weighted by Crippen LogP contribution is 2.18. The largest absolute Gasteiger partial charge is 0.480 e. The van der Waals surface area contributed by atoms with E-state index in [0.717, 1.165) is 12.8 Å². The summed E-state index contributed by atoms with van der Waals surface area (Å²) < 4.78 is 0. The van der Waals surface area contributed by atoms with Gasteiger partial charge in [0, 0.05) is 13.0 Å². The molecule has 1 amide bonds. The Kier molecular flexibility index (Phi) is 4.34. The summed E-state index contributed by atoms with van der Waals surface area (Å²) in [7, 11) is 0. The van der Waals surface area contributed by atoms with Crippen LogP contribution in [0, 0.1) is 0 Å². The van der Waals surface area contributed by atoms with E-state index in [0.29, 0.717) is 25.8 Å². The van der Waals surface area contributed by atoms with Crippen molar-refractivity contribution in [2.45, 2.75) is 38.1 Å². The Morgan fingerprint density at radius 2 is 2.20 bits per heavy atom. The molecule has 0 bridgehead atoms. The average molecular weight is 211 g/mol. The van der Waals surface area contributed by atoms with Gasteiger partial charge in [-0.25, -0.2) is 4.79 Å². The fourth-order valence-corrected chi connectivity index (χ4v) is 1.86. The monoisotopic (exact) mass is 211 g/mol. The van der Waals surface area contributed by atoms with Crippen molar-refractivity contribution < 1.29 is 14.7 Å². The summed E-state index contributed by atoms with van der Waals surface area (Å²) in [5.41, 5.74) is 0. The first-order valence-corrected chi connectivity index (χ1v) is 5.30. The summed E-state index contributed by atoms with van der Waals surface area (Å²) in [4.78, 5) is 24.1. The summed E-state index contributed by atoms with van der Waals surface area (Å²) in [5.74, 6) is -0.955. The molecule has 0 spiro atoms. The lowest BCUT2D eigenvalue weighted by molar-refractivity contribution is -0.152. The summed E-state index contributed by atoms with van der Waals surface area (Å²) in [6.07, 6.45) is 5.04. The first kappa shape index (κ1) is 11.8. The lowest BCUT2D eigenvalue weighted by Gasteiger charge is -2.32. The van der Waals surface area contributed by atoms with Crippen LogP contribution < -0.4 is 0 Å². The molecule has 0 aromatic carbocycles. The molecule has 1 rings (SSSR count). The average Bonchev–Trinajstić information content (AvgIpc) is 2.25. The van der Waals surface area contributed by atoms with Crippen LogP contribution in [0.4, 0.5) is 0 Å². The van der Waals surface area contributed by atoms with Crippen LogP contribution in [-0.2, 0) is 9.59 Å². The minimum atomic E-state index is -0.887. The Bertz CT molecular complexity index is 263. The van der Waals surface area contributed by atoms with Crippen molar-refractivity contribution in [3.63, 3.8) is 0 Å². The van der Waals surface area contributed by atoms with Crippen LogP contribution in [0.2, 0.25) is 0 Å². The number of carboxylic acids is 1. The number of piperidine rings is 1. The highest BCUT2D eigenvalue weighted by molar-refractivity contribution is 5.83. The zero-order chi connectivity index (χ0) is 11.3. The van der Waals surface area contributed by atoms with Crippen LogP contribution in [0.5, 0.6) is 0 Å². The maximum Gasteiger partial charge on any atom is 0.326 e. The molecule has 0 aliphatic carbocycles. The van der Waals surface area contributed by atoms with E-state index in [9.17, 15) is 9.59 Å². The van der Waals surface area contributed by atoms with Crippen molar-refractivity contribution in [1.29, 1.82) is 0 Å². The van der Waals surface area contributed by atoms with Crippen molar-refractivity contribution in [3.8, 4) is 0 Å². The van der Waals surface area contributed by atoms with Gasteiger partial charge in [-0.05, 0) is 25.7 Å². The molecule has 84 valence electrons. The molecule has 1 atom stereocenters. The van der Waals surface area contributed by atoms with Gasteiger partial charge in [-0.3, -0.25) is 4.79 Å². The quantitative estimate of drug-likeness (QED) is 0.715. The number of rotatable bonds is 4. The molecule has 0 radical (unpaired) electrons. The van der Waals surface area contributed by atoms with Gasteiger partial charge >= 0.3 is 5.97 Å². The van der Waals surface area contributed by atoms with Gasteiger partial charge in [-0.2, -0.15) is 0 Å². The second-order valence-corrected chi connectivity index (χ2v) is 3.76. The number of carbonyl (C=O) groups excluding carboxylic acids is 1. The Morgan fingerprint density at radius 1 is 1.47 bits per heavy atom. The molecule has 1 saturated heterocycles. The normalized spacial score (nSPS) is 21.1. The molecule has 1 fully saturated rings. The molecule has 1 N–H and O–H groups in total. The molecule has 0 unspecified atom stereocenters. The van der Waals surface area contributed by atoms with E-state index in [1.807, 2.05) is 0 Å². The number of aliphatic carboxylic acids is 1. The van der Waals surface area contributed by atoms with Crippen LogP contribution in [-0.4, -0.2) is 34.5 Å². The van der Waals surface area contributed by atoms with Crippen molar-refractivity contribution in [3.05, 3.63) is 12.7 Å². The van der Waals surface area contributed by atoms with E-state index in [1.54, 1.807) is 6.08 Å². The second-order valence-electron chi connectivity index (χ2n) is 3.76. The van der Waals surface area contributed by atoms with Crippen LogP contribution in [0.3, 0.4) is 0 Å².